The highest BCUT2D eigenvalue weighted by Gasteiger charge is 2.21. The third-order valence-corrected chi connectivity index (χ3v) is 6.63. The molecule has 4 rings (SSSR count). The van der Waals surface area contributed by atoms with E-state index >= 15 is 0 Å². The van der Waals surface area contributed by atoms with Crippen molar-refractivity contribution in [3.8, 4) is 22.1 Å². The fraction of sp³-hybridized carbons (Fsp3) is 0.381. The molecule has 3 heterocycles. The number of nitrogens with one attached hydrogen (secondary N) is 1. The van der Waals surface area contributed by atoms with Gasteiger partial charge in [0, 0.05) is 13.2 Å². The van der Waals surface area contributed by atoms with Crippen molar-refractivity contribution < 1.29 is 14.3 Å². The van der Waals surface area contributed by atoms with Crippen molar-refractivity contribution in [1.82, 2.24) is 20.1 Å². The van der Waals surface area contributed by atoms with Crippen LogP contribution in [0.15, 0.2) is 40.9 Å². The zero-order chi connectivity index (χ0) is 20.9. The first-order valence-corrected chi connectivity index (χ1v) is 11.7. The normalized spacial score (nSPS) is 16.0. The van der Waals surface area contributed by atoms with Gasteiger partial charge in [-0.2, -0.15) is 0 Å². The topological polar surface area (TPSA) is 78.3 Å². The van der Waals surface area contributed by atoms with Gasteiger partial charge in [0.2, 0.25) is 5.91 Å². The van der Waals surface area contributed by atoms with Gasteiger partial charge in [0.05, 0.1) is 29.5 Å². The molecule has 1 N–H and O–H groups in total. The van der Waals surface area contributed by atoms with Crippen LogP contribution < -0.4 is 10.1 Å². The number of nitrogens with zero attached hydrogens (tertiary/aromatic N) is 3. The van der Waals surface area contributed by atoms with Crippen LogP contribution in [0.3, 0.4) is 0 Å². The second kappa shape index (κ2) is 9.63. The number of carbonyl (C=O) groups is 1. The Kier molecular flexibility index (Phi) is 6.71. The van der Waals surface area contributed by atoms with Gasteiger partial charge in [-0.1, -0.05) is 23.9 Å². The second-order valence-electron chi connectivity index (χ2n) is 7.02. The Morgan fingerprint density at radius 2 is 2.30 bits per heavy atom. The van der Waals surface area contributed by atoms with Crippen LogP contribution in [0, 0.1) is 6.92 Å². The first kappa shape index (κ1) is 20.9. The first-order valence-electron chi connectivity index (χ1n) is 9.81. The third-order valence-electron chi connectivity index (χ3n) is 4.83. The fourth-order valence-electron chi connectivity index (χ4n) is 3.33. The number of thioether (sulfide) groups is 1. The van der Waals surface area contributed by atoms with E-state index in [1.54, 1.807) is 18.4 Å². The van der Waals surface area contributed by atoms with Crippen molar-refractivity contribution in [2.75, 3.05) is 26.0 Å². The van der Waals surface area contributed by atoms with Gasteiger partial charge >= 0.3 is 0 Å². The molecule has 0 bridgehead atoms. The number of amides is 1. The zero-order valence-electron chi connectivity index (χ0n) is 17.0. The molecule has 1 aromatic carbocycles. The highest BCUT2D eigenvalue weighted by molar-refractivity contribution is 7.99. The lowest BCUT2D eigenvalue weighted by Crippen LogP contribution is -2.32. The summed E-state index contributed by atoms with van der Waals surface area (Å²) in [6.07, 6.45) is 2.19. The van der Waals surface area contributed by atoms with Crippen molar-refractivity contribution in [1.29, 1.82) is 0 Å². The molecular weight excluding hydrogens is 420 g/mol. The van der Waals surface area contributed by atoms with Gasteiger partial charge in [0.1, 0.15) is 5.75 Å². The molecular formula is C21H24N4O3S2. The number of aromatic nitrogens is 3. The Hall–Kier alpha value is -2.36. The van der Waals surface area contributed by atoms with Gasteiger partial charge in [0.25, 0.3) is 0 Å². The SMILES string of the molecule is COc1ccc(C)cc1-n1c(SCC(=O)NC[C@H]2CCCO2)nnc1-c1cccs1. The maximum Gasteiger partial charge on any atom is 0.230 e. The molecule has 2 aromatic heterocycles. The smallest absolute Gasteiger partial charge is 0.230 e. The van der Waals surface area contributed by atoms with E-state index in [2.05, 4.69) is 15.5 Å². The van der Waals surface area contributed by atoms with Gasteiger partial charge in [-0.05, 0) is 48.9 Å². The average Bonchev–Trinajstić information content (AvgIpc) is 3.52. The van der Waals surface area contributed by atoms with E-state index in [0.29, 0.717) is 11.7 Å². The minimum Gasteiger partial charge on any atom is -0.495 e. The van der Waals surface area contributed by atoms with Crippen molar-refractivity contribution in [3.63, 3.8) is 0 Å². The van der Waals surface area contributed by atoms with E-state index in [1.807, 2.05) is 47.2 Å². The molecule has 1 atom stereocenters. The number of thiophene rings is 1. The molecule has 0 saturated carbocycles. The summed E-state index contributed by atoms with van der Waals surface area (Å²) in [5.74, 6) is 1.67. The summed E-state index contributed by atoms with van der Waals surface area (Å²) in [6.45, 7) is 3.36. The molecule has 9 heteroatoms. The van der Waals surface area contributed by atoms with Gasteiger partial charge in [-0.25, -0.2) is 0 Å². The van der Waals surface area contributed by atoms with Crippen LogP contribution in [0.5, 0.6) is 5.75 Å². The van der Waals surface area contributed by atoms with Crippen LogP contribution in [-0.4, -0.2) is 52.8 Å². The van der Waals surface area contributed by atoms with E-state index in [0.717, 1.165) is 47.2 Å². The van der Waals surface area contributed by atoms with Crippen LogP contribution in [-0.2, 0) is 9.53 Å². The summed E-state index contributed by atoms with van der Waals surface area (Å²) in [4.78, 5) is 13.4. The lowest BCUT2D eigenvalue weighted by atomic mass is 10.2. The molecule has 1 amide bonds. The summed E-state index contributed by atoms with van der Waals surface area (Å²) in [5.41, 5.74) is 1.95. The standard InChI is InChI=1S/C21H24N4O3S2/c1-14-7-8-17(27-2)16(11-14)25-20(18-6-4-10-29-18)23-24-21(25)30-13-19(26)22-12-15-5-3-9-28-15/h4,6-8,10-11,15H,3,5,9,12-13H2,1-2H3,(H,22,26)/t15-/m1/s1. The van der Waals surface area contributed by atoms with Gasteiger partial charge in [0.15, 0.2) is 11.0 Å². The summed E-state index contributed by atoms with van der Waals surface area (Å²) in [7, 11) is 1.65. The quantitative estimate of drug-likeness (QED) is 0.534. The van der Waals surface area contributed by atoms with Crippen LogP contribution in [0.2, 0.25) is 0 Å². The highest BCUT2D eigenvalue weighted by atomic mass is 32.2. The Morgan fingerprint density at radius 3 is 3.03 bits per heavy atom. The van der Waals surface area contributed by atoms with Crippen LogP contribution in [0.1, 0.15) is 18.4 Å². The molecule has 0 radical (unpaired) electrons. The lowest BCUT2D eigenvalue weighted by Gasteiger charge is -2.14. The van der Waals surface area contributed by atoms with E-state index < -0.39 is 0 Å². The predicted octanol–water partition coefficient (Wildman–Crippen LogP) is 3.70. The molecule has 1 aliphatic rings. The maximum atomic E-state index is 12.4. The summed E-state index contributed by atoms with van der Waals surface area (Å²) in [6, 6.07) is 9.98. The Labute approximate surface area is 183 Å². The largest absolute Gasteiger partial charge is 0.495 e. The lowest BCUT2D eigenvalue weighted by molar-refractivity contribution is -0.119. The minimum absolute atomic E-state index is 0.0427. The number of ether oxygens (including phenoxy) is 2. The van der Waals surface area contributed by atoms with E-state index in [4.69, 9.17) is 9.47 Å². The number of hydrogen-bond acceptors (Lipinski definition) is 7. The molecule has 158 valence electrons. The van der Waals surface area contributed by atoms with Crippen LogP contribution in [0.25, 0.3) is 16.4 Å². The third kappa shape index (κ3) is 4.69. The van der Waals surface area contributed by atoms with Gasteiger partial charge in [-0.15, -0.1) is 21.5 Å². The summed E-state index contributed by atoms with van der Waals surface area (Å²) in [5, 5.41) is 14.4. The molecule has 1 aliphatic heterocycles. The van der Waals surface area contributed by atoms with E-state index in [-0.39, 0.29) is 17.8 Å². The van der Waals surface area contributed by atoms with Crippen molar-refractivity contribution in [2.45, 2.75) is 31.0 Å². The zero-order valence-corrected chi connectivity index (χ0v) is 18.6. The second-order valence-corrected chi connectivity index (χ2v) is 8.91. The molecule has 7 nitrogen and oxygen atoms in total. The molecule has 0 unspecified atom stereocenters. The number of rotatable bonds is 8. The Balaban J connectivity index is 1.57. The van der Waals surface area contributed by atoms with Crippen LogP contribution >= 0.6 is 23.1 Å². The number of aryl methyl sites for hydroxylation is 1. The monoisotopic (exact) mass is 444 g/mol. The van der Waals surface area contributed by atoms with Crippen LogP contribution in [0.4, 0.5) is 0 Å². The Morgan fingerprint density at radius 1 is 1.40 bits per heavy atom. The Bertz CT molecular complexity index is 998. The van der Waals surface area contributed by atoms with E-state index in [9.17, 15) is 4.79 Å². The van der Waals surface area contributed by atoms with Crippen molar-refractivity contribution >= 4 is 29.0 Å². The average molecular weight is 445 g/mol. The molecule has 3 aromatic rings. The van der Waals surface area contributed by atoms with E-state index in [1.165, 1.54) is 11.8 Å². The maximum absolute atomic E-state index is 12.4. The highest BCUT2D eigenvalue weighted by Crippen LogP contribution is 2.34. The fourth-order valence-corrected chi connectivity index (χ4v) is 4.81. The molecule has 30 heavy (non-hydrogen) atoms. The molecule has 0 aliphatic carbocycles. The molecule has 1 saturated heterocycles. The summed E-state index contributed by atoms with van der Waals surface area (Å²) < 4.78 is 13.1. The van der Waals surface area contributed by atoms with Gasteiger partial charge < -0.3 is 14.8 Å². The molecule has 0 spiro atoms. The number of carbonyl (C=O) groups excluding carboxylic acids is 1. The number of methoxy groups -OCH3 is 1. The van der Waals surface area contributed by atoms with Crippen molar-refractivity contribution in [2.24, 2.45) is 0 Å². The number of hydrogen-bond donors (Lipinski definition) is 1. The van der Waals surface area contributed by atoms with Crippen molar-refractivity contribution in [3.05, 3.63) is 41.3 Å². The first-order chi connectivity index (χ1) is 14.7. The minimum atomic E-state index is -0.0427. The number of benzene rings is 1. The van der Waals surface area contributed by atoms with Gasteiger partial charge in [-0.3, -0.25) is 9.36 Å². The predicted molar refractivity (Wildman–Crippen MR) is 119 cm³/mol. The summed E-state index contributed by atoms with van der Waals surface area (Å²) >= 11 is 2.96. The molecule has 1 fully saturated rings.